The van der Waals surface area contributed by atoms with Crippen LogP contribution in [-0.4, -0.2) is 22.1 Å². The van der Waals surface area contributed by atoms with E-state index in [1.165, 1.54) is 0 Å². The fourth-order valence-corrected chi connectivity index (χ4v) is 3.80. The minimum absolute atomic E-state index is 0.0115. The molecule has 1 N–H and O–H groups in total. The van der Waals surface area contributed by atoms with Crippen LogP contribution in [-0.2, 0) is 0 Å². The monoisotopic (exact) mass is 375 g/mol. The van der Waals surface area contributed by atoms with Gasteiger partial charge in [0.05, 0.1) is 5.54 Å². The molecule has 1 amide bonds. The van der Waals surface area contributed by atoms with Crippen molar-refractivity contribution in [3.63, 3.8) is 0 Å². The first kappa shape index (κ1) is 15.7. The molecular weight excluding hydrogens is 358 g/mol. The zero-order valence-corrected chi connectivity index (χ0v) is 14.2. The number of benzene rings is 1. The number of carbonyl (C=O) groups is 1. The summed E-state index contributed by atoms with van der Waals surface area (Å²) in [6.45, 7) is 6.09. The Morgan fingerprint density at radius 1 is 1.17 bits per heavy atom. The lowest BCUT2D eigenvalue weighted by Crippen LogP contribution is -2.51. The van der Waals surface area contributed by atoms with E-state index in [4.69, 9.17) is 0 Å². The van der Waals surface area contributed by atoms with Crippen LogP contribution in [0.5, 0.6) is 0 Å². The van der Waals surface area contributed by atoms with Crippen molar-refractivity contribution in [1.29, 1.82) is 0 Å². The summed E-state index contributed by atoms with van der Waals surface area (Å²) in [4.78, 5) is 12.3. The van der Waals surface area contributed by atoms with Crippen LogP contribution in [0.1, 0.15) is 34.8 Å². The van der Waals surface area contributed by atoms with Gasteiger partial charge in [-0.25, -0.2) is 0 Å². The van der Waals surface area contributed by atoms with Crippen molar-refractivity contribution in [1.82, 2.24) is 5.32 Å². The van der Waals surface area contributed by atoms with Gasteiger partial charge in [-0.15, -0.1) is 0 Å². The Labute approximate surface area is 126 Å². The van der Waals surface area contributed by atoms with E-state index in [1.54, 1.807) is 0 Å². The van der Waals surface area contributed by atoms with Crippen LogP contribution in [0.15, 0.2) is 18.2 Å². The fourth-order valence-electron chi connectivity index (χ4n) is 1.80. The van der Waals surface area contributed by atoms with Gasteiger partial charge >= 0.3 is 0 Å². The van der Waals surface area contributed by atoms with Gasteiger partial charge in [-0.2, -0.15) is 0 Å². The number of rotatable bonds is 5. The van der Waals surface area contributed by atoms with Gasteiger partial charge in [0, 0.05) is 16.2 Å². The second kappa shape index (κ2) is 6.71. The maximum atomic E-state index is 12.3. The largest absolute Gasteiger partial charge is 0.345 e. The highest BCUT2D eigenvalue weighted by atomic mass is 79.9. The van der Waals surface area contributed by atoms with Gasteiger partial charge in [0.25, 0.3) is 5.91 Å². The van der Waals surface area contributed by atoms with Crippen molar-refractivity contribution in [3.8, 4) is 0 Å². The molecule has 1 aromatic rings. The highest BCUT2D eigenvalue weighted by molar-refractivity contribution is 9.09. The number of hydrogen-bond donors (Lipinski definition) is 1. The molecule has 0 aromatic heterocycles. The first-order valence-electron chi connectivity index (χ1n) is 5.99. The molecule has 0 aliphatic carbocycles. The Morgan fingerprint density at radius 3 is 2.06 bits per heavy atom. The van der Waals surface area contributed by atoms with Crippen LogP contribution in [0.3, 0.4) is 0 Å². The molecule has 0 atom stereocenters. The molecule has 2 nitrogen and oxygen atoms in total. The first-order valence-corrected chi connectivity index (χ1v) is 8.23. The molecule has 0 fully saturated rings. The number of nitrogens with one attached hydrogen (secondary N) is 1. The van der Waals surface area contributed by atoms with E-state index >= 15 is 0 Å². The maximum absolute atomic E-state index is 12.3. The van der Waals surface area contributed by atoms with Gasteiger partial charge in [0.2, 0.25) is 0 Å². The third kappa shape index (κ3) is 3.82. The molecule has 0 aliphatic heterocycles. The molecule has 0 radical (unpaired) electrons. The molecule has 0 heterocycles. The third-order valence-electron chi connectivity index (χ3n) is 3.05. The summed E-state index contributed by atoms with van der Waals surface area (Å²) in [5.74, 6) is -0.0115. The topological polar surface area (TPSA) is 29.1 Å². The first-order chi connectivity index (χ1) is 8.46. The van der Waals surface area contributed by atoms with Crippen LogP contribution >= 0.6 is 31.9 Å². The molecule has 0 saturated heterocycles. The molecule has 0 aliphatic rings. The average Bonchev–Trinajstić information content (AvgIpc) is 2.35. The van der Waals surface area contributed by atoms with Crippen molar-refractivity contribution in [2.75, 3.05) is 10.7 Å². The molecular formula is C14H19Br2NO. The SMILES string of the molecule is CCC(CBr)(CBr)NC(=O)c1cc(C)cc(C)c1. The molecule has 1 aromatic carbocycles. The van der Waals surface area contributed by atoms with Crippen molar-refractivity contribution in [3.05, 3.63) is 34.9 Å². The maximum Gasteiger partial charge on any atom is 0.251 e. The van der Waals surface area contributed by atoms with Gasteiger partial charge in [0.1, 0.15) is 0 Å². The van der Waals surface area contributed by atoms with Gasteiger partial charge in [0.15, 0.2) is 0 Å². The van der Waals surface area contributed by atoms with Crippen LogP contribution in [0, 0.1) is 13.8 Å². The number of amides is 1. The molecule has 0 spiro atoms. The summed E-state index contributed by atoms with van der Waals surface area (Å²) in [5, 5.41) is 4.59. The van der Waals surface area contributed by atoms with Gasteiger partial charge < -0.3 is 5.32 Å². The smallest absolute Gasteiger partial charge is 0.251 e. The molecule has 0 unspecified atom stereocenters. The lowest BCUT2D eigenvalue weighted by atomic mass is 10.00. The van der Waals surface area contributed by atoms with Gasteiger partial charge in [-0.1, -0.05) is 56.0 Å². The summed E-state index contributed by atoms with van der Waals surface area (Å²) in [7, 11) is 0. The molecule has 0 bridgehead atoms. The summed E-state index contributed by atoms with van der Waals surface area (Å²) in [5.41, 5.74) is 2.72. The van der Waals surface area contributed by atoms with Crippen molar-refractivity contribution < 1.29 is 4.79 Å². The standard InChI is InChI=1S/C14H19Br2NO/c1-4-14(8-15,9-16)17-13(18)12-6-10(2)5-11(3)7-12/h5-7H,4,8-9H2,1-3H3,(H,17,18). The predicted molar refractivity (Wildman–Crippen MR) is 84.0 cm³/mol. The highest BCUT2D eigenvalue weighted by Crippen LogP contribution is 2.18. The molecule has 1 rings (SSSR count). The fraction of sp³-hybridized carbons (Fsp3) is 0.500. The average molecular weight is 377 g/mol. The lowest BCUT2D eigenvalue weighted by Gasteiger charge is -2.30. The lowest BCUT2D eigenvalue weighted by molar-refractivity contribution is 0.0915. The van der Waals surface area contributed by atoms with Crippen molar-refractivity contribution in [2.24, 2.45) is 0 Å². The summed E-state index contributed by atoms with van der Waals surface area (Å²) in [6.07, 6.45) is 0.875. The number of alkyl halides is 2. The van der Waals surface area contributed by atoms with Crippen LogP contribution < -0.4 is 5.32 Å². The Bertz CT molecular complexity index is 399. The number of aryl methyl sites for hydroxylation is 2. The summed E-state index contributed by atoms with van der Waals surface area (Å²) in [6, 6.07) is 5.91. The third-order valence-corrected chi connectivity index (χ3v) is 5.20. The number of hydrogen-bond acceptors (Lipinski definition) is 1. The normalized spacial score (nSPS) is 11.4. The highest BCUT2D eigenvalue weighted by Gasteiger charge is 2.28. The molecule has 0 saturated carbocycles. The van der Waals surface area contributed by atoms with Crippen LogP contribution in [0.4, 0.5) is 0 Å². The Balaban J connectivity index is 2.94. The van der Waals surface area contributed by atoms with E-state index in [0.717, 1.165) is 33.8 Å². The predicted octanol–water partition coefficient (Wildman–Crippen LogP) is 3.97. The second-order valence-corrected chi connectivity index (χ2v) is 5.85. The summed E-state index contributed by atoms with van der Waals surface area (Å²) >= 11 is 6.96. The van der Waals surface area contributed by atoms with Gasteiger partial charge in [-0.05, 0) is 32.4 Å². The van der Waals surface area contributed by atoms with E-state index < -0.39 is 0 Å². The Hall–Kier alpha value is -0.350. The summed E-state index contributed by atoms with van der Waals surface area (Å²) < 4.78 is 0. The zero-order chi connectivity index (χ0) is 13.8. The second-order valence-electron chi connectivity index (χ2n) is 4.73. The van der Waals surface area contributed by atoms with Gasteiger partial charge in [-0.3, -0.25) is 4.79 Å². The van der Waals surface area contributed by atoms with E-state index in [9.17, 15) is 4.79 Å². The molecule has 4 heteroatoms. The molecule has 100 valence electrons. The zero-order valence-electron chi connectivity index (χ0n) is 11.0. The van der Waals surface area contributed by atoms with E-state index in [0.29, 0.717) is 0 Å². The quantitative estimate of drug-likeness (QED) is 0.774. The number of halogens is 2. The van der Waals surface area contributed by atoms with E-state index in [2.05, 4.69) is 50.2 Å². The van der Waals surface area contributed by atoms with Crippen molar-refractivity contribution in [2.45, 2.75) is 32.7 Å². The Kier molecular flexibility index (Phi) is 5.86. The number of carbonyl (C=O) groups excluding carboxylic acids is 1. The van der Waals surface area contributed by atoms with E-state index in [1.807, 2.05) is 26.0 Å². The van der Waals surface area contributed by atoms with Crippen LogP contribution in [0.2, 0.25) is 0 Å². The molecule has 18 heavy (non-hydrogen) atoms. The minimum Gasteiger partial charge on any atom is -0.345 e. The Morgan fingerprint density at radius 2 is 1.67 bits per heavy atom. The van der Waals surface area contributed by atoms with Crippen molar-refractivity contribution >= 4 is 37.8 Å². The van der Waals surface area contributed by atoms with Crippen LogP contribution in [0.25, 0.3) is 0 Å². The minimum atomic E-state index is -0.227. The van der Waals surface area contributed by atoms with E-state index in [-0.39, 0.29) is 11.4 Å².